The highest BCUT2D eigenvalue weighted by atomic mass is 16.5. The molecule has 22 heavy (non-hydrogen) atoms. The van der Waals surface area contributed by atoms with Gasteiger partial charge >= 0.3 is 5.97 Å². The topological polar surface area (TPSA) is 66.8 Å². The third kappa shape index (κ3) is 2.25. The molecule has 116 valence electrons. The summed E-state index contributed by atoms with van der Waals surface area (Å²) in [6.07, 6.45) is 3.42. The van der Waals surface area contributed by atoms with E-state index in [1.807, 2.05) is 12.1 Å². The van der Waals surface area contributed by atoms with Crippen LogP contribution in [0.15, 0.2) is 18.2 Å². The molecular formula is C17H19NO4. The molecule has 1 aromatic carbocycles. The molecule has 0 bridgehead atoms. The van der Waals surface area contributed by atoms with Crippen molar-refractivity contribution in [3.63, 3.8) is 0 Å². The van der Waals surface area contributed by atoms with Crippen molar-refractivity contribution >= 4 is 11.9 Å². The molecule has 1 aromatic rings. The molecule has 3 aliphatic rings. The van der Waals surface area contributed by atoms with Gasteiger partial charge in [0, 0.05) is 13.1 Å². The van der Waals surface area contributed by atoms with Crippen LogP contribution in [0.4, 0.5) is 0 Å². The second-order valence-electron chi connectivity index (χ2n) is 6.56. The number of fused-ring (bicyclic) bond motifs is 2. The molecule has 0 spiro atoms. The second kappa shape index (κ2) is 5.00. The summed E-state index contributed by atoms with van der Waals surface area (Å²) in [4.78, 5) is 24.8. The molecule has 1 amide bonds. The monoisotopic (exact) mass is 301 g/mol. The van der Waals surface area contributed by atoms with Gasteiger partial charge in [-0.2, -0.15) is 0 Å². The molecule has 5 heteroatoms. The summed E-state index contributed by atoms with van der Waals surface area (Å²) in [7, 11) is 0. The van der Waals surface area contributed by atoms with Gasteiger partial charge in [-0.05, 0) is 54.4 Å². The van der Waals surface area contributed by atoms with E-state index in [0.717, 1.165) is 18.6 Å². The number of aliphatic carboxylic acids is 1. The summed E-state index contributed by atoms with van der Waals surface area (Å²) in [6, 6.07) is 6.06. The van der Waals surface area contributed by atoms with Crippen molar-refractivity contribution in [1.82, 2.24) is 4.90 Å². The van der Waals surface area contributed by atoms with Gasteiger partial charge in [0.2, 0.25) is 0 Å². The van der Waals surface area contributed by atoms with Crippen LogP contribution < -0.4 is 4.74 Å². The minimum Gasteiger partial charge on any atom is -0.484 e. The number of rotatable bonds is 4. The Bertz CT molecular complexity index is 630. The van der Waals surface area contributed by atoms with Crippen LogP contribution in [0.3, 0.4) is 0 Å². The van der Waals surface area contributed by atoms with E-state index in [1.54, 1.807) is 4.90 Å². The summed E-state index contributed by atoms with van der Waals surface area (Å²) < 4.78 is 5.62. The minimum absolute atomic E-state index is 0.0377. The molecule has 2 fully saturated rings. The van der Waals surface area contributed by atoms with Crippen LogP contribution in [-0.4, -0.2) is 41.6 Å². The minimum atomic E-state index is -0.725. The number of carbonyl (C=O) groups is 2. The van der Waals surface area contributed by atoms with Gasteiger partial charge in [0.25, 0.3) is 5.91 Å². The third-order valence-electron chi connectivity index (χ3n) is 5.26. The number of hydrogen-bond acceptors (Lipinski definition) is 3. The number of benzene rings is 1. The normalized spacial score (nSPS) is 28.2. The zero-order valence-corrected chi connectivity index (χ0v) is 12.3. The lowest BCUT2D eigenvalue weighted by molar-refractivity contribution is -0.141. The van der Waals surface area contributed by atoms with E-state index in [4.69, 9.17) is 9.84 Å². The van der Waals surface area contributed by atoms with Gasteiger partial charge in [0.1, 0.15) is 5.75 Å². The van der Waals surface area contributed by atoms with Crippen LogP contribution in [0.5, 0.6) is 5.75 Å². The van der Waals surface area contributed by atoms with Crippen LogP contribution in [0.2, 0.25) is 0 Å². The average molecular weight is 301 g/mol. The van der Waals surface area contributed by atoms with E-state index in [-0.39, 0.29) is 30.3 Å². The summed E-state index contributed by atoms with van der Waals surface area (Å²) >= 11 is 0. The van der Waals surface area contributed by atoms with E-state index < -0.39 is 5.97 Å². The molecule has 1 saturated heterocycles. The van der Waals surface area contributed by atoms with Crippen LogP contribution in [0.25, 0.3) is 0 Å². The number of ether oxygens (including phenoxy) is 1. The van der Waals surface area contributed by atoms with E-state index >= 15 is 0 Å². The highest BCUT2D eigenvalue weighted by Crippen LogP contribution is 2.51. The van der Waals surface area contributed by atoms with Crippen molar-refractivity contribution in [1.29, 1.82) is 0 Å². The molecule has 0 aromatic heterocycles. The van der Waals surface area contributed by atoms with Gasteiger partial charge in [0.15, 0.2) is 6.61 Å². The summed E-state index contributed by atoms with van der Waals surface area (Å²) in [6.45, 7) is 1.16. The second-order valence-corrected chi connectivity index (χ2v) is 6.56. The maximum Gasteiger partial charge on any atom is 0.307 e. The number of nitrogens with zero attached hydrogens (tertiary/aromatic N) is 1. The number of carboxylic acids is 1. The number of piperidine rings is 1. The van der Waals surface area contributed by atoms with Crippen molar-refractivity contribution < 1.29 is 19.4 Å². The van der Waals surface area contributed by atoms with Crippen molar-refractivity contribution in [2.24, 2.45) is 17.8 Å². The van der Waals surface area contributed by atoms with Crippen LogP contribution in [0.1, 0.15) is 17.5 Å². The lowest BCUT2D eigenvalue weighted by atomic mass is 10.1. The number of carboxylic acid groups (broad SMARTS) is 1. The fourth-order valence-electron chi connectivity index (χ4n) is 3.97. The zero-order chi connectivity index (χ0) is 15.3. The van der Waals surface area contributed by atoms with Gasteiger partial charge in [-0.15, -0.1) is 0 Å². The van der Waals surface area contributed by atoms with Crippen LogP contribution >= 0.6 is 0 Å². The number of hydrogen-bond donors (Lipinski definition) is 1. The molecule has 5 nitrogen and oxygen atoms in total. The van der Waals surface area contributed by atoms with Gasteiger partial charge in [-0.3, -0.25) is 9.59 Å². The van der Waals surface area contributed by atoms with Crippen LogP contribution in [-0.2, 0) is 22.4 Å². The number of carbonyl (C=O) groups excluding carboxylic acids is 1. The smallest absolute Gasteiger partial charge is 0.307 e. The van der Waals surface area contributed by atoms with E-state index in [1.165, 1.54) is 17.5 Å². The van der Waals surface area contributed by atoms with Crippen molar-refractivity contribution in [3.05, 3.63) is 29.3 Å². The Morgan fingerprint density at radius 2 is 1.91 bits per heavy atom. The van der Waals surface area contributed by atoms with Crippen molar-refractivity contribution in [2.75, 3.05) is 19.7 Å². The van der Waals surface area contributed by atoms with E-state index in [9.17, 15) is 9.59 Å². The first-order chi connectivity index (χ1) is 10.6. The van der Waals surface area contributed by atoms with Gasteiger partial charge < -0.3 is 14.7 Å². The summed E-state index contributed by atoms with van der Waals surface area (Å²) in [5.74, 6) is 0.0552. The standard InChI is InChI=1S/C17H19NO4/c19-15(18-7-13-14(8-18)16(13)17(20)21)9-22-12-5-4-10-2-1-3-11(10)6-12/h4-6,13-14,16H,1-3,7-9H2,(H,20,21)/t13-,14+,16?. The largest absolute Gasteiger partial charge is 0.484 e. The molecule has 4 rings (SSSR count). The molecule has 1 saturated carbocycles. The highest BCUT2D eigenvalue weighted by molar-refractivity contribution is 5.80. The fraction of sp³-hybridized carbons (Fsp3) is 0.529. The SMILES string of the molecule is O=C(O)C1[C@H]2CN(C(=O)COc3ccc4c(c3)CCC4)C[C@@H]12. The predicted octanol–water partition coefficient (Wildman–Crippen LogP) is 1.34. The molecule has 1 heterocycles. The predicted molar refractivity (Wildman–Crippen MR) is 78.6 cm³/mol. The Hall–Kier alpha value is -2.04. The molecule has 1 aliphatic heterocycles. The maximum absolute atomic E-state index is 12.1. The molecular weight excluding hydrogens is 282 g/mol. The first-order valence-corrected chi connectivity index (χ1v) is 7.88. The Kier molecular flexibility index (Phi) is 3.10. The molecule has 1 N–H and O–H groups in total. The maximum atomic E-state index is 12.1. The van der Waals surface area contributed by atoms with Gasteiger partial charge in [-0.25, -0.2) is 0 Å². The molecule has 3 atom stereocenters. The highest BCUT2D eigenvalue weighted by Gasteiger charge is 2.60. The Labute approximate surface area is 128 Å². The Balaban J connectivity index is 1.30. The van der Waals surface area contributed by atoms with Gasteiger partial charge in [-0.1, -0.05) is 6.07 Å². The van der Waals surface area contributed by atoms with E-state index in [2.05, 4.69) is 6.07 Å². The van der Waals surface area contributed by atoms with Gasteiger partial charge in [0.05, 0.1) is 5.92 Å². The zero-order valence-electron chi connectivity index (χ0n) is 12.3. The summed E-state index contributed by atoms with van der Waals surface area (Å²) in [5.41, 5.74) is 2.72. The lowest BCUT2D eigenvalue weighted by Gasteiger charge is -2.19. The average Bonchev–Trinajstić information content (AvgIpc) is 2.89. The fourth-order valence-corrected chi connectivity index (χ4v) is 3.97. The summed E-state index contributed by atoms with van der Waals surface area (Å²) in [5, 5.41) is 8.98. The molecule has 2 aliphatic carbocycles. The first-order valence-electron chi connectivity index (χ1n) is 7.88. The lowest BCUT2D eigenvalue weighted by Crippen LogP contribution is -2.36. The number of amides is 1. The van der Waals surface area contributed by atoms with E-state index in [0.29, 0.717) is 13.1 Å². The number of likely N-dealkylation sites (tertiary alicyclic amines) is 1. The van der Waals surface area contributed by atoms with Crippen molar-refractivity contribution in [3.8, 4) is 5.75 Å². The molecule has 1 unspecified atom stereocenters. The molecule has 0 radical (unpaired) electrons. The first kappa shape index (κ1) is 13.6. The van der Waals surface area contributed by atoms with Crippen molar-refractivity contribution in [2.45, 2.75) is 19.3 Å². The third-order valence-corrected chi connectivity index (χ3v) is 5.26. The Morgan fingerprint density at radius 3 is 2.64 bits per heavy atom. The quantitative estimate of drug-likeness (QED) is 0.911. The van der Waals surface area contributed by atoms with Crippen LogP contribution in [0, 0.1) is 17.8 Å². The number of aryl methyl sites for hydroxylation is 2. The Morgan fingerprint density at radius 1 is 1.18 bits per heavy atom.